The van der Waals surface area contributed by atoms with Gasteiger partial charge in [-0.3, -0.25) is 9.59 Å². The van der Waals surface area contributed by atoms with E-state index in [1.807, 2.05) is 24.3 Å². The molecule has 1 aliphatic rings. The van der Waals surface area contributed by atoms with Crippen molar-refractivity contribution in [3.05, 3.63) is 40.7 Å². The zero-order chi connectivity index (χ0) is 12.5. The molecule has 1 unspecified atom stereocenters. The van der Waals surface area contributed by atoms with E-state index < -0.39 is 0 Å². The maximum atomic E-state index is 11.9. The molecule has 2 aromatic rings. The fourth-order valence-electron chi connectivity index (χ4n) is 2.22. The van der Waals surface area contributed by atoms with Crippen molar-refractivity contribution < 1.29 is 4.79 Å². The first-order valence-electron chi connectivity index (χ1n) is 5.88. The van der Waals surface area contributed by atoms with Crippen LogP contribution < -0.4 is 16.2 Å². The van der Waals surface area contributed by atoms with Crippen molar-refractivity contribution in [1.29, 1.82) is 0 Å². The smallest absolute Gasteiger partial charge is 0.257 e. The molecule has 1 aromatic heterocycles. The molecule has 5 heteroatoms. The lowest BCUT2D eigenvalue weighted by Gasteiger charge is -2.12. The molecule has 5 nitrogen and oxygen atoms in total. The van der Waals surface area contributed by atoms with E-state index in [2.05, 4.69) is 15.6 Å². The van der Waals surface area contributed by atoms with Crippen LogP contribution in [0.1, 0.15) is 6.42 Å². The molecule has 0 saturated carbocycles. The van der Waals surface area contributed by atoms with Crippen molar-refractivity contribution in [2.45, 2.75) is 12.5 Å². The molecular formula is C13H13N3O2. The number of amides is 1. The summed E-state index contributed by atoms with van der Waals surface area (Å²) in [5.74, 6) is 0.691. The highest BCUT2D eigenvalue weighted by atomic mass is 16.2. The van der Waals surface area contributed by atoms with Crippen LogP contribution in [0.25, 0.3) is 10.8 Å². The Hall–Kier alpha value is -2.30. The molecule has 2 heterocycles. The first-order chi connectivity index (χ1) is 8.72. The van der Waals surface area contributed by atoms with Crippen LogP contribution in [0, 0.1) is 0 Å². The van der Waals surface area contributed by atoms with E-state index in [-0.39, 0.29) is 17.5 Å². The standard InChI is InChI=1S/C13H13N3O2/c17-12-6-9(7-14-12)15-11-5-8-3-1-2-4-10(8)13(18)16-11/h1-5,9H,6-7H2,(H,14,17)(H2,15,16,18). The van der Waals surface area contributed by atoms with E-state index in [1.54, 1.807) is 6.07 Å². The molecule has 1 aliphatic heterocycles. The quantitative estimate of drug-likeness (QED) is 0.731. The van der Waals surface area contributed by atoms with E-state index in [4.69, 9.17) is 0 Å². The predicted octanol–water partition coefficient (Wildman–Crippen LogP) is 0.829. The fourth-order valence-corrected chi connectivity index (χ4v) is 2.22. The number of H-pyrrole nitrogens is 1. The number of aromatic amines is 1. The number of fused-ring (bicyclic) bond motifs is 1. The molecule has 1 fully saturated rings. The van der Waals surface area contributed by atoms with Gasteiger partial charge in [0.05, 0.1) is 6.04 Å². The third kappa shape index (κ3) is 1.95. The zero-order valence-corrected chi connectivity index (χ0v) is 9.69. The van der Waals surface area contributed by atoms with Crippen molar-refractivity contribution in [3.63, 3.8) is 0 Å². The zero-order valence-electron chi connectivity index (χ0n) is 9.69. The van der Waals surface area contributed by atoms with Crippen LogP contribution in [0.5, 0.6) is 0 Å². The highest BCUT2D eigenvalue weighted by Crippen LogP contribution is 2.14. The molecule has 0 bridgehead atoms. The Kier molecular flexibility index (Phi) is 2.51. The second-order valence-electron chi connectivity index (χ2n) is 4.45. The largest absolute Gasteiger partial charge is 0.367 e. The topological polar surface area (TPSA) is 74.0 Å². The van der Waals surface area contributed by atoms with Crippen molar-refractivity contribution in [2.24, 2.45) is 0 Å². The van der Waals surface area contributed by atoms with Gasteiger partial charge in [0.1, 0.15) is 5.82 Å². The van der Waals surface area contributed by atoms with Crippen LogP contribution >= 0.6 is 0 Å². The Morgan fingerprint density at radius 3 is 2.83 bits per heavy atom. The first-order valence-corrected chi connectivity index (χ1v) is 5.88. The molecule has 1 amide bonds. The summed E-state index contributed by atoms with van der Waals surface area (Å²) in [7, 11) is 0. The van der Waals surface area contributed by atoms with Gasteiger partial charge in [-0.2, -0.15) is 0 Å². The minimum Gasteiger partial charge on any atom is -0.367 e. The van der Waals surface area contributed by atoms with E-state index in [9.17, 15) is 9.59 Å². The van der Waals surface area contributed by atoms with Crippen LogP contribution in [0.15, 0.2) is 35.1 Å². The van der Waals surface area contributed by atoms with Crippen molar-refractivity contribution in [2.75, 3.05) is 11.9 Å². The van der Waals surface area contributed by atoms with Gasteiger partial charge in [0, 0.05) is 18.4 Å². The fraction of sp³-hybridized carbons (Fsp3) is 0.231. The van der Waals surface area contributed by atoms with Gasteiger partial charge in [-0.25, -0.2) is 0 Å². The summed E-state index contributed by atoms with van der Waals surface area (Å²) in [5, 5.41) is 7.47. The third-order valence-electron chi connectivity index (χ3n) is 3.09. The Bertz CT molecular complexity index is 663. The lowest BCUT2D eigenvalue weighted by Crippen LogP contribution is -2.24. The Labute approximate surface area is 103 Å². The maximum Gasteiger partial charge on any atom is 0.257 e. The van der Waals surface area contributed by atoms with E-state index in [1.165, 1.54) is 0 Å². The Morgan fingerprint density at radius 2 is 2.06 bits per heavy atom. The van der Waals surface area contributed by atoms with Gasteiger partial charge in [-0.05, 0) is 17.5 Å². The molecule has 3 rings (SSSR count). The highest BCUT2D eigenvalue weighted by Gasteiger charge is 2.21. The lowest BCUT2D eigenvalue weighted by molar-refractivity contribution is -0.119. The molecule has 18 heavy (non-hydrogen) atoms. The number of pyridine rings is 1. The molecule has 0 spiro atoms. The van der Waals surface area contributed by atoms with Gasteiger partial charge < -0.3 is 15.6 Å². The number of rotatable bonds is 2. The average Bonchev–Trinajstić information content (AvgIpc) is 2.75. The average molecular weight is 243 g/mol. The summed E-state index contributed by atoms with van der Waals surface area (Å²) in [6.45, 7) is 0.591. The van der Waals surface area contributed by atoms with E-state index in [0.29, 0.717) is 24.2 Å². The molecule has 3 N–H and O–H groups in total. The molecule has 1 aromatic carbocycles. The number of benzene rings is 1. The van der Waals surface area contributed by atoms with Gasteiger partial charge in [-0.15, -0.1) is 0 Å². The molecule has 0 aliphatic carbocycles. The number of hydrogen-bond acceptors (Lipinski definition) is 3. The van der Waals surface area contributed by atoms with Crippen LogP contribution in [0.4, 0.5) is 5.82 Å². The van der Waals surface area contributed by atoms with Gasteiger partial charge in [0.2, 0.25) is 5.91 Å². The molecule has 0 radical (unpaired) electrons. The molecule has 1 atom stereocenters. The minimum absolute atomic E-state index is 0.0364. The second-order valence-corrected chi connectivity index (χ2v) is 4.45. The second kappa shape index (κ2) is 4.18. The molecular weight excluding hydrogens is 230 g/mol. The van der Waals surface area contributed by atoms with Gasteiger partial charge in [0.15, 0.2) is 0 Å². The van der Waals surface area contributed by atoms with Crippen molar-refractivity contribution in [1.82, 2.24) is 10.3 Å². The number of anilines is 1. The van der Waals surface area contributed by atoms with Gasteiger partial charge >= 0.3 is 0 Å². The maximum absolute atomic E-state index is 11.9. The van der Waals surface area contributed by atoms with E-state index >= 15 is 0 Å². The summed E-state index contributed by atoms with van der Waals surface area (Å²) in [4.78, 5) is 25.7. The summed E-state index contributed by atoms with van der Waals surface area (Å²) in [5.41, 5.74) is -0.118. The highest BCUT2D eigenvalue weighted by molar-refractivity contribution is 5.84. The Balaban J connectivity index is 1.93. The predicted molar refractivity (Wildman–Crippen MR) is 69.6 cm³/mol. The van der Waals surface area contributed by atoms with Crippen LogP contribution in [-0.2, 0) is 4.79 Å². The molecule has 1 saturated heterocycles. The summed E-state index contributed by atoms with van der Waals surface area (Å²) >= 11 is 0. The van der Waals surface area contributed by atoms with Crippen molar-refractivity contribution in [3.8, 4) is 0 Å². The summed E-state index contributed by atoms with van der Waals surface area (Å²) in [6, 6.07) is 9.34. The monoisotopic (exact) mass is 243 g/mol. The number of hydrogen-bond donors (Lipinski definition) is 3. The number of carbonyl (C=O) groups excluding carboxylic acids is 1. The molecule has 92 valence electrons. The number of nitrogens with one attached hydrogen (secondary N) is 3. The lowest BCUT2D eigenvalue weighted by atomic mass is 10.1. The minimum atomic E-state index is -0.118. The number of carbonyl (C=O) groups is 1. The van der Waals surface area contributed by atoms with Gasteiger partial charge in [0.25, 0.3) is 5.56 Å². The summed E-state index contributed by atoms with van der Waals surface area (Å²) < 4.78 is 0. The normalized spacial score (nSPS) is 18.9. The first kappa shape index (κ1) is 10.8. The number of aromatic nitrogens is 1. The van der Waals surface area contributed by atoms with Crippen LogP contribution in [-0.4, -0.2) is 23.5 Å². The summed E-state index contributed by atoms with van der Waals surface area (Å²) in [6.07, 6.45) is 0.439. The van der Waals surface area contributed by atoms with Crippen LogP contribution in [0.3, 0.4) is 0 Å². The Morgan fingerprint density at radius 1 is 1.22 bits per heavy atom. The SMILES string of the molecule is O=C1CC(Nc2cc3ccccc3c(=O)[nH]2)CN1. The third-order valence-corrected chi connectivity index (χ3v) is 3.09. The van der Waals surface area contributed by atoms with Crippen molar-refractivity contribution >= 4 is 22.5 Å². The van der Waals surface area contributed by atoms with Gasteiger partial charge in [-0.1, -0.05) is 18.2 Å². The van der Waals surface area contributed by atoms with E-state index in [0.717, 1.165) is 5.39 Å². The van der Waals surface area contributed by atoms with Crippen LogP contribution in [0.2, 0.25) is 0 Å².